The largest absolute Gasteiger partial charge is 0.497 e. The fourth-order valence-electron chi connectivity index (χ4n) is 5.32. The molecule has 4 rings (SSSR count). The summed E-state index contributed by atoms with van der Waals surface area (Å²) in [6.07, 6.45) is 4.48. The number of ether oxygens (including phenoxy) is 2. The third-order valence-electron chi connectivity index (χ3n) is 6.90. The Bertz CT molecular complexity index is 951. The lowest BCUT2D eigenvalue weighted by Crippen LogP contribution is -2.56. The first kappa shape index (κ1) is 22.9. The highest BCUT2D eigenvalue weighted by molar-refractivity contribution is 6.30. The first-order chi connectivity index (χ1) is 15.4. The van der Waals surface area contributed by atoms with Crippen molar-refractivity contribution in [1.82, 2.24) is 4.90 Å². The molecule has 0 unspecified atom stereocenters. The predicted octanol–water partition coefficient (Wildman–Crippen LogP) is 4.66. The van der Waals surface area contributed by atoms with Crippen molar-refractivity contribution in [2.45, 2.75) is 43.7 Å². The molecule has 0 spiro atoms. The quantitative estimate of drug-likeness (QED) is 0.658. The number of methoxy groups -OCH3 is 2. The summed E-state index contributed by atoms with van der Waals surface area (Å²) in [6.45, 7) is 0.853. The Hall–Kier alpha value is -2.28. The molecule has 0 radical (unpaired) electrons. The van der Waals surface area contributed by atoms with Crippen LogP contribution in [0, 0.1) is 5.92 Å². The van der Waals surface area contributed by atoms with E-state index in [1.54, 1.807) is 38.5 Å². The number of amides is 1. The molecular weight excluding hydrogens is 428 g/mol. The number of carbonyl (C=O) groups is 1. The monoisotopic (exact) mass is 458 g/mol. The molecule has 7 heteroatoms. The Morgan fingerprint density at radius 1 is 1.16 bits per heavy atom. The molecule has 2 fully saturated rings. The van der Waals surface area contributed by atoms with E-state index in [1.165, 1.54) is 0 Å². The van der Waals surface area contributed by atoms with Gasteiger partial charge in [-0.2, -0.15) is 0 Å². The van der Waals surface area contributed by atoms with Gasteiger partial charge in [-0.05, 0) is 61.7 Å². The Labute approximate surface area is 194 Å². The standard InChI is InChI=1S/C25H31ClN2O4/c1-31-19-10-11-22(32-2)20(15-19)24-21-5-3-4-12-25(21,30)13-14-28(24)16-23(29)27-18-8-6-17(26)7-9-18/h6-11,15,21,24,30H,3-5,12-14,16H2,1-2H3,(H,27,29)/t21-,24-,25-/m0/s1. The average Bonchev–Trinajstić information content (AvgIpc) is 2.80. The van der Waals surface area contributed by atoms with E-state index < -0.39 is 5.60 Å². The second-order valence-corrected chi connectivity index (χ2v) is 9.22. The molecular formula is C25H31ClN2O4. The highest BCUT2D eigenvalue weighted by Gasteiger charge is 2.50. The van der Waals surface area contributed by atoms with Gasteiger partial charge in [0.05, 0.1) is 26.4 Å². The summed E-state index contributed by atoms with van der Waals surface area (Å²) in [5.41, 5.74) is 0.942. The molecule has 1 saturated heterocycles. The fourth-order valence-corrected chi connectivity index (χ4v) is 5.45. The number of nitrogens with one attached hydrogen (secondary N) is 1. The first-order valence-corrected chi connectivity index (χ1v) is 11.5. The summed E-state index contributed by atoms with van der Waals surface area (Å²) < 4.78 is 11.2. The number of aliphatic hydroxyl groups is 1. The van der Waals surface area contributed by atoms with Crippen LogP contribution in [0.4, 0.5) is 5.69 Å². The summed E-state index contributed by atoms with van der Waals surface area (Å²) in [5.74, 6) is 1.40. The van der Waals surface area contributed by atoms with E-state index in [0.717, 1.165) is 42.7 Å². The lowest BCUT2D eigenvalue weighted by molar-refractivity contribution is -0.135. The van der Waals surface area contributed by atoms with E-state index in [2.05, 4.69) is 10.2 Å². The third-order valence-corrected chi connectivity index (χ3v) is 7.15. The first-order valence-electron chi connectivity index (χ1n) is 11.2. The minimum atomic E-state index is -0.722. The van der Waals surface area contributed by atoms with Crippen LogP contribution < -0.4 is 14.8 Å². The zero-order valence-corrected chi connectivity index (χ0v) is 19.4. The minimum absolute atomic E-state index is 0.0225. The SMILES string of the molecule is COc1ccc(OC)c([C@H]2[C@@H]3CCCC[C@]3(O)CCN2CC(=O)Nc2ccc(Cl)cc2)c1. The van der Waals surface area contributed by atoms with Gasteiger partial charge in [-0.25, -0.2) is 0 Å². The molecule has 6 nitrogen and oxygen atoms in total. The third kappa shape index (κ3) is 4.72. The Balaban J connectivity index is 1.64. The van der Waals surface area contributed by atoms with Gasteiger partial charge in [0.25, 0.3) is 0 Å². The van der Waals surface area contributed by atoms with Gasteiger partial charge >= 0.3 is 0 Å². The number of rotatable bonds is 6. The number of nitrogens with zero attached hydrogens (tertiary/aromatic N) is 1. The second kappa shape index (κ2) is 9.69. The highest BCUT2D eigenvalue weighted by Crippen LogP contribution is 2.51. The zero-order chi connectivity index (χ0) is 22.7. The van der Waals surface area contributed by atoms with Gasteiger partial charge in [-0.3, -0.25) is 9.69 Å². The Morgan fingerprint density at radius 3 is 2.66 bits per heavy atom. The molecule has 1 heterocycles. The van der Waals surface area contributed by atoms with Crippen LogP contribution in [0.2, 0.25) is 5.02 Å². The van der Waals surface area contributed by atoms with Crippen molar-refractivity contribution in [1.29, 1.82) is 0 Å². The van der Waals surface area contributed by atoms with Crippen LogP contribution in [0.15, 0.2) is 42.5 Å². The minimum Gasteiger partial charge on any atom is -0.497 e. The Morgan fingerprint density at radius 2 is 1.94 bits per heavy atom. The normalized spacial score (nSPS) is 25.6. The van der Waals surface area contributed by atoms with Crippen LogP contribution in [-0.4, -0.2) is 48.8 Å². The van der Waals surface area contributed by atoms with Gasteiger partial charge in [0.2, 0.25) is 5.91 Å². The number of likely N-dealkylation sites (tertiary alicyclic amines) is 1. The van der Waals surface area contributed by atoms with E-state index in [4.69, 9.17) is 21.1 Å². The average molecular weight is 459 g/mol. The van der Waals surface area contributed by atoms with Crippen LogP contribution in [0.25, 0.3) is 0 Å². The maximum Gasteiger partial charge on any atom is 0.238 e. The van der Waals surface area contributed by atoms with Gasteiger partial charge < -0.3 is 19.9 Å². The van der Waals surface area contributed by atoms with E-state index >= 15 is 0 Å². The van der Waals surface area contributed by atoms with Gasteiger partial charge in [-0.15, -0.1) is 0 Å². The van der Waals surface area contributed by atoms with E-state index in [1.807, 2.05) is 18.2 Å². The van der Waals surface area contributed by atoms with Crippen molar-refractivity contribution in [3.8, 4) is 11.5 Å². The van der Waals surface area contributed by atoms with E-state index in [-0.39, 0.29) is 24.4 Å². The molecule has 2 aromatic carbocycles. The lowest BCUT2D eigenvalue weighted by atomic mass is 9.66. The summed E-state index contributed by atoms with van der Waals surface area (Å²) in [5, 5.41) is 15.1. The van der Waals surface area contributed by atoms with Gasteiger partial charge in [0.1, 0.15) is 11.5 Å². The van der Waals surface area contributed by atoms with Crippen molar-refractivity contribution in [3.63, 3.8) is 0 Å². The zero-order valence-electron chi connectivity index (χ0n) is 18.6. The molecule has 3 atom stereocenters. The van der Waals surface area contributed by atoms with Crippen LogP contribution in [-0.2, 0) is 4.79 Å². The summed E-state index contributed by atoms with van der Waals surface area (Å²) >= 11 is 5.96. The van der Waals surface area contributed by atoms with Crippen molar-refractivity contribution in [3.05, 3.63) is 53.1 Å². The number of anilines is 1. The highest BCUT2D eigenvalue weighted by atomic mass is 35.5. The fraction of sp³-hybridized carbons (Fsp3) is 0.480. The number of hydrogen-bond acceptors (Lipinski definition) is 5. The predicted molar refractivity (Wildman–Crippen MR) is 125 cm³/mol. The summed E-state index contributed by atoms with van der Waals surface area (Å²) in [7, 11) is 3.29. The van der Waals surface area contributed by atoms with E-state index in [0.29, 0.717) is 23.7 Å². The van der Waals surface area contributed by atoms with Crippen LogP contribution >= 0.6 is 11.6 Å². The molecule has 1 amide bonds. The van der Waals surface area contributed by atoms with Crippen LogP contribution in [0.5, 0.6) is 11.5 Å². The van der Waals surface area contributed by atoms with E-state index in [9.17, 15) is 9.90 Å². The number of benzene rings is 2. The smallest absolute Gasteiger partial charge is 0.238 e. The molecule has 0 aromatic heterocycles. The van der Waals surface area contributed by atoms with Crippen molar-refractivity contribution >= 4 is 23.2 Å². The number of fused-ring (bicyclic) bond motifs is 1. The molecule has 1 aliphatic carbocycles. The molecule has 1 aliphatic heterocycles. The van der Waals surface area contributed by atoms with Gasteiger partial charge in [-0.1, -0.05) is 24.4 Å². The Kier molecular flexibility index (Phi) is 6.93. The number of halogens is 1. The molecule has 32 heavy (non-hydrogen) atoms. The van der Waals surface area contributed by atoms with Crippen LogP contribution in [0.3, 0.4) is 0 Å². The van der Waals surface area contributed by atoms with Crippen molar-refractivity contribution in [2.24, 2.45) is 5.92 Å². The summed E-state index contributed by atoms with van der Waals surface area (Å²) in [6, 6.07) is 12.7. The number of piperidine rings is 1. The maximum atomic E-state index is 13.0. The molecule has 2 aliphatic rings. The van der Waals surface area contributed by atoms with Gasteiger partial charge in [0.15, 0.2) is 0 Å². The molecule has 0 bridgehead atoms. The van der Waals surface area contributed by atoms with Crippen molar-refractivity contribution in [2.75, 3.05) is 32.6 Å². The molecule has 2 aromatic rings. The molecule has 172 valence electrons. The molecule has 1 saturated carbocycles. The summed E-state index contributed by atoms with van der Waals surface area (Å²) in [4.78, 5) is 15.1. The molecule has 2 N–H and O–H groups in total. The topological polar surface area (TPSA) is 71.0 Å². The lowest BCUT2D eigenvalue weighted by Gasteiger charge is -2.52. The van der Waals surface area contributed by atoms with Crippen LogP contribution in [0.1, 0.15) is 43.7 Å². The number of carbonyl (C=O) groups excluding carboxylic acids is 1. The van der Waals surface area contributed by atoms with Gasteiger partial charge in [0, 0.05) is 34.8 Å². The maximum absolute atomic E-state index is 13.0. The number of hydrogen-bond donors (Lipinski definition) is 2. The second-order valence-electron chi connectivity index (χ2n) is 8.78. The van der Waals surface area contributed by atoms with Crippen molar-refractivity contribution < 1.29 is 19.4 Å².